The van der Waals surface area contributed by atoms with Crippen molar-refractivity contribution in [1.82, 2.24) is 14.9 Å². The molecule has 1 aromatic rings. The van der Waals surface area contributed by atoms with Crippen LogP contribution in [-0.4, -0.2) is 22.6 Å². The summed E-state index contributed by atoms with van der Waals surface area (Å²) in [6.45, 7) is 10.1. The molecule has 0 saturated carbocycles. The van der Waals surface area contributed by atoms with Gasteiger partial charge in [0.25, 0.3) is 0 Å². The molecule has 0 unspecified atom stereocenters. The molecule has 3 nitrogen and oxygen atoms in total. The maximum atomic E-state index is 4.50. The Bertz CT molecular complexity index is 329. The van der Waals surface area contributed by atoms with Crippen LogP contribution in [-0.2, 0) is 12.0 Å². The standard InChI is InChI=1S/C13H23N3/c1-13(2,3)12-9-16(10-15-12)8-11-4-6-14-7-5-11/h9-11,14H,4-8H2,1-3H3. The van der Waals surface area contributed by atoms with Crippen molar-refractivity contribution in [3.05, 3.63) is 18.2 Å². The zero-order chi connectivity index (χ0) is 11.6. The largest absolute Gasteiger partial charge is 0.337 e. The number of nitrogens with zero attached hydrogens (tertiary/aromatic N) is 2. The van der Waals surface area contributed by atoms with Gasteiger partial charge in [-0.2, -0.15) is 0 Å². The Hall–Kier alpha value is -0.830. The Morgan fingerprint density at radius 2 is 2.06 bits per heavy atom. The molecule has 16 heavy (non-hydrogen) atoms. The molecule has 3 heteroatoms. The van der Waals surface area contributed by atoms with Crippen LogP contribution in [0.1, 0.15) is 39.3 Å². The molecule has 1 aliphatic rings. The van der Waals surface area contributed by atoms with Gasteiger partial charge in [0, 0.05) is 18.2 Å². The maximum Gasteiger partial charge on any atom is 0.0949 e. The van der Waals surface area contributed by atoms with Gasteiger partial charge >= 0.3 is 0 Å². The van der Waals surface area contributed by atoms with E-state index in [0.29, 0.717) is 0 Å². The van der Waals surface area contributed by atoms with Crippen LogP contribution >= 0.6 is 0 Å². The zero-order valence-corrected chi connectivity index (χ0v) is 10.7. The molecule has 90 valence electrons. The number of piperidine rings is 1. The van der Waals surface area contributed by atoms with E-state index in [4.69, 9.17) is 0 Å². The van der Waals surface area contributed by atoms with E-state index in [2.05, 4.69) is 41.8 Å². The van der Waals surface area contributed by atoms with Gasteiger partial charge in [-0.1, -0.05) is 20.8 Å². The van der Waals surface area contributed by atoms with E-state index in [1.807, 2.05) is 6.33 Å². The van der Waals surface area contributed by atoms with Gasteiger partial charge in [0.05, 0.1) is 12.0 Å². The predicted molar refractivity (Wildman–Crippen MR) is 66.5 cm³/mol. The van der Waals surface area contributed by atoms with Gasteiger partial charge in [-0.15, -0.1) is 0 Å². The molecular weight excluding hydrogens is 198 g/mol. The lowest BCUT2D eigenvalue weighted by Gasteiger charge is -2.22. The first-order chi connectivity index (χ1) is 7.55. The minimum Gasteiger partial charge on any atom is -0.337 e. The van der Waals surface area contributed by atoms with E-state index in [9.17, 15) is 0 Å². The molecule has 1 N–H and O–H groups in total. The fraction of sp³-hybridized carbons (Fsp3) is 0.769. The van der Waals surface area contributed by atoms with Gasteiger partial charge < -0.3 is 9.88 Å². The summed E-state index contributed by atoms with van der Waals surface area (Å²) in [6, 6.07) is 0. The van der Waals surface area contributed by atoms with Crippen molar-refractivity contribution >= 4 is 0 Å². The van der Waals surface area contributed by atoms with Gasteiger partial charge in [0.15, 0.2) is 0 Å². The minimum atomic E-state index is 0.166. The van der Waals surface area contributed by atoms with Crippen LogP contribution in [0.3, 0.4) is 0 Å². The van der Waals surface area contributed by atoms with Gasteiger partial charge in [-0.05, 0) is 31.8 Å². The fourth-order valence-electron chi connectivity index (χ4n) is 2.21. The molecule has 0 amide bonds. The number of imidazole rings is 1. The molecule has 0 spiro atoms. The van der Waals surface area contributed by atoms with Crippen LogP contribution in [0, 0.1) is 5.92 Å². The van der Waals surface area contributed by atoms with E-state index in [-0.39, 0.29) is 5.41 Å². The summed E-state index contributed by atoms with van der Waals surface area (Å²) in [5.74, 6) is 0.822. The average Bonchev–Trinajstić information content (AvgIpc) is 2.67. The van der Waals surface area contributed by atoms with E-state index in [0.717, 1.165) is 12.5 Å². The van der Waals surface area contributed by atoms with Crippen LogP contribution in [0.4, 0.5) is 0 Å². The lowest BCUT2D eigenvalue weighted by atomic mass is 9.93. The summed E-state index contributed by atoms with van der Waals surface area (Å²) in [5, 5.41) is 3.41. The van der Waals surface area contributed by atoms with Crippen LogP contribution < -0.4 is 5.32 Å². The molecule has 0 aliphatic carbocycles. The Morgan fingerprint density at radius 3 is 2.62 bits per heavy atom. The first-order valence-corrected chi connectivity index (χ1v) is 6.28. The zero-order valence-electron chi connectivity index (χ0n) is 10.7. The third-order valence-corrected chi connectivity index (χ3v) is 3.33. The highest BCUT2D eigenvalue weighted by atomic mass is 15.0. The molecule has 0 aromatic carbocycles. The van der Waals surface area contributed by atoms with Crippen LogP contribution in [0.25, 0.3) is 0 Å². The number of hydrogen-bond acceptors (Lipinski definition) is 2. The normalized spacial score (nSPS) is 18.9. The summed E-state index contributed by atoms with van der Waals surface area (Å²) < 4.78 is 2.26. The molecule has 1 fully saturated rings. The van der Waals surface area contributed by atoms with Crippen molar-refractivity contribution in [2.75, 3.05) is 13.1 Å². The SMILES string of the molecule is CC(C)(C)c1cn(CC2CCNCC2)cn1. The van der Waals surface area contributed by atoms with Crippen molar-refractivity contribution < 1.29 is 0 Å². The van der Waals surface area contributed by atoms with E-state index < -0.39 is 0 Å². The Labute approximate surface area is 98.3 Å². The molecule has 1 saturated heterocycles. The van der Waals surface area contributed by atoms with E-state index in [1.54, 1.807) is 0 Å². The highest BCUT2D eigenvalue weighted by molar-refractivity contribution is 5.08. The molecule has 0 bridgehead atoms. The van der Waals surface area contributed by atoms with Crippen molar-refractivity contribution in [1.29, 1.82) is 0 Å². The van der Waals surface area contributed by atoms with Gasteiger partial charge in [-0.3, -0.25) is 0 Å². The molecule has 2 rings (SSSR count). The second-order valence-corrected chi connectivity index (χ2v) is 5.90. The third kappa shape index (κ3) is 2.85. The van der Waals surface area contributed by atoms with Crippen LogP contribution in [0.5, 0.6) is 0 Å². The quantitative estimate of drug-likeness (QED) is 0.829. The summed E-state index contributed by atoms with van der Waals surface area (Å²) in [4.78, 5) is 4.50. The summed E-state index contributed by atoms with van der Waals surface area (Å²) in [7, 11) is 0. The predicted octanol–water partition coefficient (Wildman–Crippen LogP) is 2.18. The lowest BCUT2D eigenvalue weighted by molar-refractivity contribution is 0.333. The van der Waals surface area contributed by atoms with Gasteiger partial charge in [0.1, 0.15) is 0 Å². The van der Waals surface area contributed by atoms with E-state index in [1.165, 1.54) is 31.6 Å². The topological polar surface area (TPSA) is 29.9 Å². The molecule has 2 heterocycles. The highest BCUT2D eigenvalue weighted by Crippen LogP contribution is 2.21. The third-order valence-electron chi connectivity index (χ3n) is 3.33. The van der Waals surface area contributed by atoms with Crippen LogP contribution in [0.2, 0.25) is 0 Å². The molecule has 1 aliphatic heterocycles. The first kappa shape index (κ1) is 11.6. The van der Waals surface area contributed by atoms with Gasteiger partial charge in [-0.25, -0.2) is 4.98 Å². The second-order valence-electron chi connectivity index (χ2n) is 5.90. The minimum absolute atomic E-state index is 0.166. The Kier molecular flexibility index (Phi) is 3.33. The molecular formula is C13H23N3. The van der Waals surface area contributed by atoms with Crippen LogP contribution in [0.15, 0.2) is 12.5 Å². The molecule has 0 atom stereocenters. The summed E-state index contributed by atoms with van der Waals surface area (Å²) in [5.41, 5.74) is 1.36. The summed E-state index contributed by atoms with van der Waals surface area (Å²) >= 11 is 0. The molecule has 1 aromatic heterocycles. The number of rotatable bonds is 2. The first-order valence-electron chi connectivity index (χ1n) is 6.28. The summed E-state index contributed by atoms with van der Waals surface area (Å²) in [6.07, 6.45) is 6.79. The Balaban J connectivity index is 1.97. The highest BCUT2D eigenvalue weighted by Gasteiger charge is 2.18. The monoisotopic (exact) mass is 221 g/mol. The van der Waals surface area contributed by atoms with E-state index >= 15 is 0 Å². The Morgan fingerprint density at radius 1 is 1.38 bits per heavy atom. The number of aromatic nitrogens is 2. The van der Waals surface area contributed by atoms with Crippen molar-refractivity contribution in [2.24, 2.45) is 5.92 Å². The molecule has 0 radical (unpaired) electrons. The lowest BCUT2D eigenvalue weighted by Crippen LogP contribution is -2.29. The fourth-order valence-corrected chi connectivity index (χ4v) is 2.21. The van der Waals surface area contributed by atoms with Crippen molar-refractivity contribution in [3.8, 4) is 0 Å². The second kappa shape index (κ2) is 4.58. The number of hydrogen-bond donors (Lipinski definition) is 1. The number of nitrogens with one attached hydrogen (secondary N) is 1. The smallest absolute Gasteiger partial charge is 0.0949 e. The maximum absolute atomic E-state index is 4.50. The van der Waals surface area contributed by atoms with Crippen molar-refractivity contribution in [2.45, 2.75) is 45.6 Å². The van der Waals surface area contributed by atoms with Crippen molar-refractivity contribution in [3.63, 3.8) is 0 Å². The van der Waals surface area contributed by atoms with Gasteiger partial charge in [0.2, 0.25) is 0 Å². The average molecular weight is 221 g/mol.